The summed E-state index contributed by atoms with van der Waals surface area (Å²) in [5.74, 6) is 0. The first-order chi connectivity index (χ1) is 5.00. The molecule has 0 spiro atoms. The number of hydrogen-bond donors (Lipinski definition) is 0. The van der Waals surface area contributed by atoms with Crippen molar-refractivity contribution in [2.45, 2.75) is 26.2 Å². The second-order valence-electron chi connectivity index (χ2n) is 3.61. The third kappa shape index (κ3) is 2.33. The SMILES string of the molecule is CC(C)(C)c1c[c][c]c(Br)c1. The summed E-state index contributed by atoms with van der Waals surface area (Å²) in [5, 5.41) is 0. The maximum Gasteiger partial charge on any atom is 0.0263 e. The maximum absolute atomic E-state index is 3.37. The number of rotatable bonds is 0. The van der Waals surface area contributed by atoms with Crippen LogP contribution in [0.1, 0.15) is 26.3 Å². The van der Waals surface area contributed by atoms with Crippen LogP contribution in [0.3, 0.4) is 0 Å². The Bertz CT molecular complexity index is 245. The molecule has 1 rings (SSSR count). The van der Waals surface area contributed by atoms with Crippen LogP contribution in [0, 0.1) is 12.1 Å². The summed E-state index contributed by atoms with van der Waals surface area (Å²) < 4.78 is 0.977. The van der Waals surface area contributed by atoms with Crippen LogP contribution in [0.2, 0.25) is 0 Å². The van der Waals surface area contributed by atoms with Gasteiger partial charge in [-0.1, -0.05) is 36.7 Å². The first-order valence-corrected chi connectivity index (χ1v) is 4.39. The van der Waals surface area contributed by atoms with Crippen LogP contribution in [-0.2, 0) is 5.41 Å². The quantitative estimate of drug-likeness (QED) is 0.617. The summed E-state index contributed by atoms with van der Waals surface area (Å²) in [6.07, 6.45) is 0. The molecule has 0 fully saturated rings. The molecule has 0 N–H and O–H groups in total. The Labute approximate surface area is 76.8 Å². The van der Waals surface area contributed by atoms with Gasteiger partial charge in [-0.3, -0.25) is 0 Å². The minimum atomic E-state index is 0.202. The molecule has 0 nitrogen and oxygen atoms in total. The zero-order valence-corrected chi connectivity index (χ0v) is 8.62. The van der Waals surface area contributed by atoms with Gasteiger partial charge in [0.25, 0.3) is 0 Å². The van der Waals surface area contributed by atoms with Crippen molar-refractivity contribution in [1.29, 1.82) is 0 Å². The van der Waals surface area contributed by atoms with Crippen LogP contribution in [-0.4, -0.2) is 0 Å². The van der Waals surface area contributed by atoms with Gasteiger partial charge in [0.1, 0.15) is 0 Å². The summed E-state index contributed by atoms with van der Waals surface area (Å²) in [6, 6.07) is 9.96. The molecule has 0 aliphatic carbocycles. The molecule has 0 heterocycles. The van der Waals surface area contributed by atoms with Gasteiger partial charge < -0.3 is 0 Å². The van der Waals surface area contributed by atoms with E-state index in [4.69, 9.17) is 0 Å². The van der Waals surface area contributed by atoms with Crippen molar-refractivity contribution < 1.29 is 0 Å². The molecule has 0 aliphatic rings. The highest BCUT2D eigenvalue weighted by Crippen LogP contribution is 2.23. The first kappa shape index (κ1) is 8.79. The normalized spacial score (nSPS) is 11.6. The molecule has 0 saturated carbocycles. The van der Waals surface area contributed by atoms with Crippen LogP contribution in [0.15, 0.2) is 16.6 Å². The van der Waals surface area contributed by atoms with Gasteiger partial charge in [-0.25, -0.2) is 0 Å². The zero-order chi connectivity index (χ0) is 8.48. The van der Waals surface area contributed by atoms with E-state index in [9.17, 15) is 0 Å². The van der Waals surface area contributed by atoms with Gasteiger partial charge in [-0.15, -0.1) is 0 Å². The lowest BCUT2D eigenvalue weighted by molar-refractivity contribution is 0.589. The molecule has 0 atom stereocenters. The second-order valence-corrected chi connectivity index (χ2v) is 4.47. The van der Waals surface area contributed by atoms with Crippen molar-refractivity contribution in [1.82, 2.24) is 0 Å². The molecule has 0 amide bonds. The summed E-state index contributed by atoms with van der Waals surface area (Å²) in [7, 11) is 0. The third-order valence-corrected chi connectivity index (χ3v) is 1.99. The summed E-state index contributed by atoms with van der Waals surface area (Å²) in [5.41, 5.74) is 1.48. The molecule has 0 bridgehead atoms. The molecule has 0 aromatic heterocycles. The fourth-order valence-corrected chi connectivity index (χ4v) is 1.19. The average Bonchev–Trinajstić information content (AvgIpc) is 1.86. The highest BCUT2D eigenvalue weighted by molar-refractivity contribution is 9.10. The molecule has 2 radical (unpaired) electrons. The highest BCUT2D eigenvalue weighted by atomic mass is 79.9. The first-order valence-electron chi connectivity index (χ1n) is 3.59. The van der Waals surface area contributed by atoms with Gasteiger partial charge >= 0.3 is 0 Å². The Hall–Kier alpha value is -0.300. The average molecular weight is 211 g/mol. The van der Waals surface area contributed by atoms with Crippen LogP contribution in [0.5, 0.6) is 0 Å². The summed E-state index contributed by atoms with van der Waals surface area (Å²) >= 11 is 3.37. The van der Waals surface area contributed by atoms with Crippen molar-refractivity contribution in [3.05, 3.63) is 34.3 Å². The van der Waals surface area contributed by atoms with Crippen molar-refractivity contribution in [2.75, 3.05) is 0 Å². The van der Waals surface area contributed by atoms with Crippen molar-refractivity contribution in [2.24, 2.45) is 0 Å². The van der Waals surface area contributed by atoms with E-state index in [-0.39, 0.29) is 5.41 Å². The molecule has 0 aliphatic heterocycles. The summed E-state index contributed by atoms with van der Waals surface area (Å²) in [6.45, 7) is 6.55. The molecule has 1 aromatic rings. The molecule has 58 valence electrons. The Balaban J connectivity index is 3.06. The summed E-state index contributed by atoms with van der Waals surface area (Å²) in [4.78, 5) is 0. The van der Waals surface area contributed by atoms with Gasteiger partial charge in [0.05, 0.1) is 0 Å². The third-order valence-electron chi connectivity index (χ3n) is 1.57. The van der Waals surface area contributed by atoms with Gasteiger partial charge in [0.2, 0.25) is 0 Å². The van der Waals surface area contributed by atoms with Crippen LogP contribution >= 0.6 is 15.9 Å². The minimum absolute atomic E-state index is 0.202. The molecule has 1 heteroatoms. The van der Waals surface area contributed by atoms with Gasteiger partial charge in [0.15, 0.2) is 0 Å². The van der Waals surface area contributed by atoms with Crippen LogP contribution in [0.4, 0.5) is 0 Å². The van der Waals surface area contributed by atoms with E-state index in [1.165, 1.54) is 5.56 Å². The molecular formula is C10H11Br. The van der Waals surface area contributed by atoms with E-state index in [0.717, 1.165) is 4.47 Å². The van der Waals surface area contributed by atoms with E-state index < -0.39 is 0 Å². The van der Waals surface area contributed by atoms with E-state index in [1.54, 1.807) is 0 Å². The lowest BCUT2D eigenvalue weighted by Crippen LogP contribution is -2.10. The van der Waals surface area contributed by atoms with E-state index in [1.807, 2.05) is 6.07 Å². The van der Waals surface area contributed by atoms with E-state index in [0.29, 0.717) is 0 Å². The molecule has 0 unspecified atom stereocenters. The van der Waals surface area contributed by atoms with Crippen molar-refractivity contribution in [3.8, 4) is 0 Å². The lowest BCUT2D eigenvalue weighted by atomic mass is 9.87. The Morgan fingerprint density at radius 3 is 2.36 bits per heavy atom. The predicted molar refractivity (Wildman–Crippen MR) is 50.5 cm³/mol. The number of halogens is 1. The molecule has 11 heavy (non-hydrogen) atoms. The standard InChI is InChI=1S/C10H11Br/c1-10(2,3)8-5-4-6-9(11)7-8/h5,7H,1-3H3. The molecular weight excluding hydrogens is 200 g/mol. The maximum atomic E-state index is 3.37. The largest absolute Gasteiger partial charge is 0.0561 e. The second kappa shape index (κ2) is 2.98. The smallest absolute Gasteiger partial charge is 0.0263 e. The van der Waals surface area contributed by atoms with E-state index >= 15 is 0 Å². The fraction of sp³-hybridized carbons (Fsp3) is 0.400. The number of benzene rings is 1. The monoisotopic (exact) mass is 210 g/mol. The molecule has 1 aromatic carbocycles. The van der Waals surface area contributed by atoms with Crippen LogP contribution in [0.25, 0.3) is 0 Å². The lowest BCUT2D eigenvalue weighted by Gasteiger charge is -2.18. The molecule has 0 saturated heterocycles. The van der Waals surface area contributed by atoms with Gasteiger partial charge in [-0.05, 0) is 29.2 Å². The predicted octanol–water partition coefficient (Wildman–Crippen LogP) is 3.35. The fourth-order valence-electron chi connectivity index (χ4n) is 0.830. The highest BCUT2D eigenvalue weighted by Gasteiger charge is 2.12. The van der Waals surface area contributed by atoms with Gasteiger partial charge in [-0.2, -0.15) is 0 Å². The van der Waals surface area contributed by atoms with E-state index in [2.05, 4.69) is 54.9 Å². The Morgan fingerprint density at radius 1 is 1.36 bits per heavy atom. The Kier molecular flexibility index (Phi) is 2.38. The van der Waals surface area contributed by atoms with Crippen molar-refractivity contribution >= 4 is 15.9 Å². The van der Waals surface area contributed by atoms with Gasteiger partial charge in [0, 0.05) is 10.5 Å². The Morgan fingerprint density at radius 2 is 2.00 bits per heavy atom. The number of hydrogen-bond acceptors (Lipinski definition) is 0. The topological polar surface area (TPSA) is 0 Å². The van der Waals surface area contributed by atoms with Crippen molar-refractivity contribution in [3.63, 3.8) is 0 Å². The minimum Gasteiger partial charge on any atom is -0.0561 e. The van der Waals surface area contributed by atoms with Crippen LogP contribution < -0.4 is 0 Å². The zero-order valence-electron chi connectivity index (χ0n) is 7.03.